The normalized spacial score (nSPS) is 29.0. The SMILES string of the molecule is CC(=O)/C=C(\C)OP1OCC(C)O1. The summed E-state index contributed by atoms with van der Waals surface area (Å²) in [4.78, 5) is 10.7. The van der Waals surface area contributed by atoms with Gasteiger partial charge in [-0.3, -0.25) is 13.8 Å². The first-order valence-corrected chi connectivity index (χ1v) is 5.14. The summed E-state index contributed by atoms with van der Waals surface area (Å²) in [6.45, 7) is 5.65. The Kier molecular flexibility index (Phi) is 3.85. The third-order valence-electron chi connectivity index (χ3n) is 1.31. The molecule has 0 amide bonds. The number of rotatable bonds is 3. The fraction of sp³-hybridized carbons (Fsp3) is 0.625. The van der Waals surface area contributed by atoms with E-state index in [9.17, 15) is 4.79 Å². The molecule has 0 aromatic heterocycles. The molecule has 1 fully saturated rings. The second-order valence-corrected chi connectivity index (χ2v) is 3.99. The number of allylic oxidation sites excluding steroid dienone is 2. The van der Waals surface area contributed by atoms with Crippen LogP contribution in [-0.2, 0) is 18.4 Å². The van der Waals surface area contributed by atoms with Crippen LogP contribution >= 0.6 is 8.60 Å². The summed E-state index contributed by atoms with van der Waals surface area (Å²) in [5.74, 6) is 0.493. The molecule has 2 unspecified atom stereocenters. The van der Waals surface area contributed by atoms with Crippen molar-refractivity contribution in [3.63, 3.8) is 0 Å². The number of ketones is 1. The van der Waals surface area contributed by atoms with Crippen LogP contribution in [0.4, 0.5) is 0 Å². The maximum Gasteiger partial charge on any atom is 0.397 e. The Morgan fingerprint density at radius 3 is 2.77 bits per heavy atom. The van der Waals surface area contributed by atoms with Crippen LogP contribution in [0.3, 0.4) is 0 Å². The van der Waals surface area contributed by atoms with Crippen LogP contribution in [0.2, 0.25) is 0 Å². The molecular formula is C8H13O4P. The van der Waals surface area contributed by atoms with Gasteiger partial charge in [0.1, 0.15) is 5.76 Å². The first kappa shape index (κ1) is 10.6. The van der Waals surface area contributed by atoms with E-state index in [1.54, 1.807) is 6.92 Å². The third kappa shape index (κ3) is 3.85. The van der Waals surface area contributed by atoms with E-state index in [0.717, 1.165) is 0 Å². The van der Waals surface area contributed by atoms with Gasteiger partial charge < -0.3 is 4.52 Å². The Morgan fingerprint density at radius 2 is 2.31 bits per heavy atom. The summed E-state index contributed by atoms with van der Waals surface area (Å²) in [6.07, 6.45) is 1.49. The van der Waals surface area contributed by atoms with Crippen LogP contribution in [0.15, 0.2) is 11.8 Å². The maximum atomic E-state index is 10.7. The van der Waals surface area contributed by atoms with E-state index in [1.165, 1.54) is 13.0 Å². The van der Waals surface area contributed by atoms with E-state index in [4.69, 9.17) is 13.6 Å². The standard InChI is InChI=1S/C8H13O4P/c1-6(9)4-7(2)11-13-10-5-8(3)12-13/h4,8H,5H2,1-3H3/b7-4+. The van der Waals surface area contributed by atoms with Gasteiger partial charge in [0.15, 0.2) is 5.78 Å². The highest BCUT2D eigenvalue weighted by Crippen LogP contribution is 2.47. The number of carbonyl (C=O) groups excluding carboxylic acids is 1. The van der Waals surface area contributed by atoms with Gasteiger partial charge in [-0.25, -0.2) is 0 Å². The van der Waals surface area contributed by atoms with E-state index in [2.05, 4.69) is 0 Å². The highest BCUT2D eigenvalue weighted by molar-refractivity contribution is 7.42. The van der Waals surface area contributed by atoms with Gasteiger partial charge >= 0.3 is 8.60 Å². The zero-order chi connectivity index (χ0) is 9.84. The Morgan fingerprint density at radius 1 is 1.62 bits per heavy atom. The van der Waals surface area contributed by atoms with Gasteiger partial charge in [-0.1, -0.05) is 0 Å². The molecule has 1 rings (SSSR count). The van der Waals surface area contributed by atoms with Crippen molar-refractivity contribution >= 4 is 14.4 Å². The molecule has 0 aliphatic carbocycles. The Labute approximate surface area is 78.9 Å². The predicted octanol–water partition coefficient (Wildman–Crippen LogP) is 2.16. The van der Waals surface area contributed by atoms with Crippen molar-refractivity contribution in [2.75, 3.05) is 6.61 Å². The molecule has 0 radical (unpaired) electrons. The molecule has 0 aromatic rings. The fourth-order valence-electron chi connectivity index (χ4n) is 0.852. The smallest absolute Gasteiger partial charge is 0.397 e. The maximum absolute atomic E-state index is 10.7. The summed E-state index contributed by atoms with van der Waals surface area (Å²) in [6, 6.07) is 0. The zero-order valence-corrected chi connectivity index (χ0v) is 8.84. The molecule has 1 aliphatic heterocycles. The fourth-order valence-corrected chi connectivity index (χ4v) is 1.98. The van der Waals surface area contributed by atoms with E-state index in [1.807, 2.05) is 6.92 Å². The summed E-state index contributed by atoms with van der Waals surface area (Å²) in [5.41, 5.74) is 0. The summed E-state index contributed by atoms with van der Waals surface area (Å²) >= 11 is 0. The topological polar surface area (TPSA) is 44.8 Å². The van der Waals surface area contributed by atoms with Gasteiger partial charge in [0.25, 0.3) is 0 Å². The van der Waals surface area contributed by atoms with Crippen LogP contribution in [0.5, 0.6) is 0 Å². The first-order chi connectivity index (χ1) is 6.08. The van der Waals surface area contributed by atoms with Crippen molar-refractivity contribution in [2.45, 2.75) is 26.9 Å². The lowest BCUT2D eigenvalue weighted by atomic mass is 10.4. The number of hydrogen-bond acceptors (Lipinski definition) is 4. The van der Waals surface area contributed by atoms with Crippen LogP contribution in [0.1, 0.15) is 20.8 Å². The second-order valence-electron chi connectivity index (χ2n) is 2.89. The van der Waals surface area contributed by atoms with Crippen molar-refractivity contribution in [1.82, 2.24) is 0 Å². The zero-order valence-electron chi connectivity index (χ0n) is 7.94. The molecule has 5 heteroatoms. The lowest BCUT2D eigenvalue weighted by molar-refractivity contribution is -0.112. The lowest BCUT2D eigenvalue weighted by Crippen LogP contribution is -1.99. The van der Waals surface area contributed by atoms with Crippen LogP contribution in [-0.4, -0.2) is 18.5 Å². The van der Waals surface area contributed by atoms with Gasteiger partial charge in [0.05, 0.1) is 12.7 Å². The van der Waals surface area contributed by atoms with E-state index in [0.29, 0.717) is 12.4 Å². The van der Waals surface area contributed by atoms with Gasteiger partial charge in [-0.05, 0) is 20.8 Å². The van der Waals surface area contributed by atoms with E-state index >= 15 is 0 Å². The Balaban J connectivity index is 2.36. The highest BCUT2D eigenvalue weighted by atomic mass is 31.2. The van der Waals surface area contributed by atoms with Gasteiger partial charge in [0.2, 0.25) is 0 Å². The molecule has 2 atom stereocenters. The third-order valence-corrected chi connectivity index (χ3v) is 2.63. The van der Waals surface area contributed by atoms with Gasteiger partial charge in [-0.15, -0.1) is 0 Å². The molecule has 74 valence electrons. The number of carbonyl (C=O) groups is 1. The minimum absolute atomic E-state index is 0.0419. The second kappa shape index (κ2) is 4.70. The molecule has 0 N–H and O–H groups in total. The molecule has 4 nitrogen and oxygen atoms in total. The van der Waals surface area contributed by atoms with Crippen molar-refractivity contribution in [3.8, 4) is 0 Å². The Bertz CT molecular complexity index is 226. The highest BCUT2D eigenvalue weighted by Gasteiger charge is 2.26. The average molecular weight is 204 g/mol. The molecule has 1 heterocycles. The molecule has 1 aliphatic rings. The first-order valence-electron chi connectivity index (χ1n) is 4.04. The minimum Gasteiger partial charge on any atom is -0.431 e. The quantitative estimate of drug-likeness (QED) is 0.401. The molecule has 1 saturated heterocycles. The predicted molar refractivity (Wildman–Crippen MR) is 48.9 cm³/mol. The molecule has 0 saturated carbocycles. The summed E-state index contributed by atoms with van der Waals surface area (Å²) in [7, 11) is -1.27. The van der Waals surface area contributed by atoms with Gasteiger partial charge in [-0.2, -0.15) is 0 Å². The van der Waals surface area contributed by atoms with Crippen molar-refractivity contribution in [1.29, 1.82) is 0 Å². The molecule has 13 heavy (non-hydrogen) atoms. The average Bonchev–Trinajstić information content (AvgIpc) is 2.33. The minimum atomic E-state index is -1.27. The monoisotopic (exact) mass is 204 g/mol. The van der Waals surface area contributed by atoms with E-state index in [-0.39, 0.29) is 11.9 Å². The Hall–Kier alpha value is -0.440. The van der Waals surface area contributed by atoms with Crippen molar-refractivity contribution in [3.05, 3.63) is 11.8 Å². The number of hydrogen-bond donors (Lipinski definition) is 0. The lowest BCUT2D eigenvalue weighted by Gasteiger charge is -2.09. The van der Waals surface area contributed by atoms with E-state index < -0.39 is 8.60 Å². The van der Waals surface area contributed by atoms with Crippen LogP contribution < -0.4 is 0 Å². The van der Waals surface area contributed by atoms with Crippen LogP contribution in [0, 0.1) is 0 Å². The van der Waals surface area contributed by atoms with Crippen LogP contribution in [0.25, 0.3) is 0 Å². The molecule has 0 bridgehead atoms. The molecule has 0 aromatic carbocycles. The molecule has 0 spiro atoms. The molecular weight excluding hydrogens is 191 g/mol. The van der Waals surface area contributed by atoms with Gasteiger partial charge in [0, 0.05) is 6.08 Å². The largest absolute Gasteiger partial charge is 0.431 e. The summed E-state index contributed by atoms with van der Waals surface area (Å²) < 4.78 is 15.7. The summed E-state index contributed by atoms with van der Waals surface area (Å²) in [5, 5.41) is 0. The van der Waals surface area contributed by atoms with Crippen molar-refractivity contribution in [2.24, 2.45) is 0 Å². The van der Waals surface area contributed by atoms with Crippen molar-refractivity contribution < 1.29 is 18.4 Å².